The van der Waals surface area contributed by atoms with Gasteiger partial charge in [-0.25, -0.2) is 0 Å². The Labute approximate surface area is 63.7 Å². The van der Waals surface area contributed by atoms with Crippen molar-refractivity contribution in [1.29, 1.82) is 0 Å². The molecule has 1 aliphatic rings. The molecule has 10 heavy (non-hydrogen) atoms. The van der Waals surface area contributed by atoms with Crippen LogP contribution in [0, 0.1) is 5.41 Å². The molecule has 0 aromatic heterocycles. The molecule has 0 atom stereocenters. The first-order valence-corrected chi connectivity index (χ1v) is 3.86. The van der Waals surface area contributed by atoms with Gasteiger partial charge in [0, 0.05) is 6.54 Å². The minimum atomic E-state index is 0.420. The van der Waals surface area contributed by atoms with Crippen molar-refractivity contribution in [2.75, 3.05) is 20.6 Å². The van der Waals surface area contributed by atoms with Gasteiger partial charge in [0.25, 0.3) is 0 Å². The van der Waals surface area contributed by atoms with Crippen molar-refractivity contribution < 1.29 is 0 Å². The second-order valence-electron chi connectivity index (χ2n) is 4.06. The topological polar surface area (TPSA) is 3.24 Å². The van der Waals surface area contributed by atoms with Gasteiger partial charge in [-0.15, -0.1) is 0 Å². The predicted octanol–water partition coefficient (Wildman–Crippen LogP) is 1.90. The maximum atomic E-state index is 2.32. The SMILES string of the molecule is CN(C)CC(C)(C)C1=CC1. The monoisotopic (exact) mass is 139 g/mol. The van der Waals surface area contributed by atoms with Crippen LogP contribution in [0.25, 0.3) is 0 Å². The van der Waals surface area contributed by atoms with Crippen molar-refractivity contribution in [2.24, 2.45) is 5.41 Å². The van der Waals surface area contributed by atoms with Gasteiger partial charge in [-0.3, -0.25) is 0 Å². The fourth-order valence-electron chi connectivity index (χ4n) is 1.50. The molecule has 0 radical (unpaired) electrons. The molecular weight excluding hydrogens is 122 g/mol. The highest BCUT2D eigenvalue weighted by atomic mass is 15.1. The molecule has 0 amide bonds. The van der Waals surface area contributed by atoms with Crippen molar-refractivity contribution in [2.45, 2.75) is 20.3 Å². The van der Waals surface area contributed by atoms with E-state index in [-0.39, 0.29) is 0 Å². The van der Waals surface area contributed by atoms with Gasteiger partial charge in [-0.05, 0) is 25.9 Å². The van der Waals surface area contributed by atoms with E-state index in [2.05, 4.69) is 38.9 Å². The molecule has 0 aromatic carbocycles. The quantitative estimate of drug-likeness (QED) is 0.540. The molecular formula is C9H17N. The Bertz CT molecular complexity index is 154. The van der Waals surface area contributed by atoms with Crippen LogP contribution in [-0.4, -0.2) is 25.5 Å². The molecule has 1 nitrogen and oxygen atoms in total. The van der Waals surface area contributed by atoms with Gasteiger partial charge >= 0.3 is 0 Å². The summed E-state index contributed by atoms with van der Waals surface area (Å²) in [5, 5.41) is 0. The Morgan fingerprint density at radius 1 is 1.50 bits per heavy atom. The van der Waals surface area contributed by atoms with E-state index < -0.39 is 0 Å². The molecule has 1 rings (SSSR count). The van der Waals surface area contributed by atoms with Crippen LogP contribution in [0.1, 0.15) is 20.3 Å². The smallest absolute Gasteiger partial charge is 0.00640 e. The second kappa shape index (κ2) is 2.39. The third kappa shape index (κ3) is 1.84. The van der Waals surface area contributed by atoms with Crippen LogP contribution >= 0.6 is 0 Å². The Morgan fingerprint density at radius 3 is 2.30 bits per heavy atom. The van der Waals surface area contributed by atoms with Crippen molar-refractivity contribution in [3.8, 4) is 0 Å². The normalized spacial score (nSPS) is 17.5. The lowest BCUT2D eigenvalue weighted by atomic mass is 9.89. The molecule has 0 aliphatic heterocycles. The first-order valence-electron chi connectivity index (χ1n) is 3.86. The molecule has 0 saturated heterocycles. The molecule has 58 valence electrons. The summed E-state index contributed by atoms with van der Waals surface area (Å²) >= 11 is 0. The van der Waals surface area contributed by atoms with E-state index >= 15 is 0 Å². The van der Waals surface area contributed by atoms with Gasteiger partial charge in [-0.2, -0.15) is 0 Å². The van der Waals surface area contributed by atoms with E-state index in [1.165, 1.54) is 13.0 Å². The molecule has 1 heteroatoms. The molecule has 0 saturated carbocycles. The van der Waals surface area contributed by atoms with Gasteiger partial charge < -0.3 is 4.90 Å². The Morgan fingerprint density at radius 2 is 2.00 bits per heavy atom. The number of rotatable bonds is 3. The summed E-state index contributed by atoms with van der Waals surface area (Å²) in [5.74, 6) is 0. The zero-order chi connectivity index (χ0) is 7.78. The predicted molar refractivity (Wildman–Crippen MR) is 45.0 cm³/mol. The number of allylic oxidation sites excluding steroid dienone is 1. The van der Waals surface area contributed by atoms with E-state index in [9.17, 15) is 0 Å². The first kappa shape index (κ1) is 7.80. The molecule has 0 bridgehead atoms. The summed E-state index contributed by atoms with van der Waals surface area (Å²) in [6.07, 6.45) is 3.57. The van der Waals surface area contributed by atoms with Crippen molar-refractivity contribution >= 4 is 0 Å². The largest absolute Gasteiger partial charge is 0.309 e. The van der Waals surface area contributed by atoms with Gasteiger partial charge in [-0.1, -0.05) is 25.5 Å². The van der Waals surface area contributed by atoms with Crippen LogP contribution in [0.3, 0.4) is 0 Å². The minimum Gasteiger partial charge on any atom is -0.309 e. The maximum Gasteiger partial charge on any atom is 0.00640 e. The van der Waals surface area contributed by atoms with E-state index in [1.807, 2.05) is 0 Å². The second-order valence-corrected chi connectivity index (χ2v) is 4.06. The van der Waals surface area contributed by atoms with Crippen LogP contribution in [-0.2, 0) is 0 Å². The zero-order valence-electron chi connectivity index (χ0n) is 7.44. The fraction of sp³-hybridized carbons (Fsp3) is 0.778. The van der Waals surface area contributed by atoms with Crippen molar-refractivity contribution in [1.82, 2.24) is 4.90 Å². The Balaban J connectivity index is 2.42. The van der Waals surface area contributed by atoms with Crippen LogP contribution in [0.2, 0.25) is 0 Å². The van der Waals surface area contributed by atoms with Gasteiger partial charge in [0.05, 0.1) is 0 Å². The lowest BCUT2D eigenvalue weighted by molar-refractivity contribution is 0.285. The average Bonchev–Trinajstić information content (AvgIpc) is 2.35. The van der Waals surface area contributed by atoms with Gasteiger partial charge in [0.1, 0.15) is 0 Å². The summed E-state index contributed by atoms with van der Waals surface area (Å²) in [5.41, 5.74) is 2.05. The molecule has 0 heterocycles. The maximum absolute atomic E-state index is 2.32. The van der Waals surface area contributed by atoms with Crippen LogP contribution in [0.5, 0.6) is 0 Å². The van der Waals surface area contributed by atoms with Crippen LogP contribution < -0.4 is 0 Å². The zero-order valence-corrected chi connectivity index (χ0v) is 7.44. The average molecular weight is 139 g/mol. The highest BCUT2D eigenvalue weighted by Gasteiger charge is 2.28. The highest BCUT2D eigenvalue weighted by molar-refractivity contribution is 5.28. The van der Waals surface area contributed by atoms with Gasteiger partial charge in [0.15, 0.2) is 0 Å². The number of nitrogens with zero attached hydrogens (tertiary/aromatic N) is 1. The van der Waals surface area contributed by atoms with E-state index in [4.69, 9.17) is 0 Å². The summed E-state index contributed by atoms with van der Waals surface area (Å²) in [7, 11) is 4.26. The van der Waals surface area contributed by atoms with Crippen LogP contribution in [0.4, 0.5) is 0 Å². The lowest BCUT2D eigenvalue weighted by Crippen LogP contribution is -2.27. The standard InChI is InChI=1S/C9H17N/c1-9(2,7-10(3)4)8-5-6-8/h5H,6-7H2,1-4H3. The minimum absolute atomic E-state index is 0.420. The summed E-state index contributed by atoms with van der Waals surface area (Å²) in [6.45, 7) is 5.79. The van der Waals surface area contributed by atoms with Crippen molar-refractivity contribution in [3.05, 3.63) is 11.6 Å². The first-order chi connectivity index (χ1) is 4.52. The summed E-state index contributed by atoms with van der Waals surface area (Å²) in [4.78, 5) is 2.25. The van der Waals surface area contributed by atoms with Gasteiger partial charge in [0.2, 0.25) is 0 Å². The highest BCUT2D eigenvalue weighted by Crippen LogP contribution is 2.38. The summed E-state index contributed by atoms with van der Waals surface area (Å²) < 4.78 is 0. The van der Waals surface area contributed by atoms with E-state index in [0.717, 1.165) is 0 Å². The molecule has 0 N–H and O–H groups in total. The number of hydrogen-bond acceptors (Lipinski definition) is 1. The van der Waals surface area contributed by atoms with E-state index in [0.29, 0.717) is 5.41 Å². The molecule has 1 aliphatic carbocycles. The lowest BCUT2D eigenvalue weighted by Gasteiger charge is -2.25. The molecule has 0 spiro atoms. The van der Waals surface area contributed by atoms with Crippen LogP contribution in [0.15, 0.2) is 11.6 Å². The molecule has 0 unspecified atom stereocenters. The Hall–Kier alpha value is -0.300. The molecule has 0 fully saturated rings. The molecule has 0 aromatic rings. The summed E-state index contributed by atoms with van der Waals surface area (Å²) in [6, 6.07) is 0. The third-order valence-electron chi connectivity index (χ3n) is 1.99. The Kier molecular flexibility index (Phi) is 1.86. The third-order valence-corrected chi connectivity index (χ3v) is 1.99. The van der Waals surface area contributed by atoms with Crippen molar-refractivity contribution in [3.63, 3.8) is 0 Å². The van der Waals surface area contributed by atoms with E-state index in [1.54, 1.807) is 5.57 Å². The fourth-order valence-corrected chi connectivity index (χ4v) is 1.50. The number of hydrogen-bond donors (Lipinski definition) is 0.